The van der Waals surface area contributed by atoms with Gasteiger partial charge in [-0.2, -0.15) is 0 Å². The Kier molecular flexibility index (Phi) is 10.5. The number of nitrogens with zero attached hydrogens (tertiary/aromatic N) is 1. The van der Waals surface area contributed by atoms with Crippen molar-refractivity contribution in [3.05, 3.63) is 23.3 Å². The van der Waals surface area contributed by atoms with E-state index in [1.807, 2.05) is 0 Å². The largest absolute Gasteiger partial charge is 0.486 e. The van der Waals surface area contributed by atoms with Crippen LogP contribution in [0.15, 0.2) is 12.1 Å². The van der Waals surface area contributed by atoms with Crippen LogP contribution in [0.4, 0.5) is 0 Å². The van der Waals surface area contributed by atoms with E-state index in [0.29, 0.717) is 19.4 Å². The Morgan fingerprint density at radius 2 is 1.68 bits per heavy atom. The van der Waals surface area contributed by atoms with Crippen LogP contribution in [0, 0.1) is 5.41 Å². The molecule has 4 rings (SSSR count). The number of piperidine rings is 1. The van der Waals surface area contributed by atoms with Crippen molar-refractivity contribution in [1.29, 1.82) is 0 Å². The lowest BCUT2D eigenvalue weighted by Crippen LogP contribution is -2.56. The number of hydrogen-bond donors (Lipinski definition) is 1. The third kappa shape index (κ3) is 7.11. The Balaban J connectivity index is 1.37. The topological polar surface area (TPSA) is 67.9 Å². The van der Waals surface area contributed by atoms with Gasteiger partial charge in [0.1, 0.15) is 12.7 Å². The van der Waals surface area contributed by atoms with E-state index in [4.69, 9.17) is 9.47 Å². The Morgan fingerprint density at radius 3 is 2.37 bits per heavy atom. The highest BCUT2D eigenvalue weighted by atomic mass is 16.6. The molecule has 2 fully saturated rings. The molecule has 3 aliphatic rings. The molecule has 1 aliphatic carbocycles. The maximum absolute atomic E-state index is 13.2. The van der Waals surface area contributed by atoms with Crippen molar-refractivity contribution in [2.45, 2.75) is 136 Å². The van der Waals surface area contributed by atoms with E-state index in [-0.39, 0.29) is 29.5 Å². The lowest BCUT2D eigenvalue weighted by molar-refractivity contribution is -0.157. The highest BCUT2D eigenvalue weighted by Gasteiger charge is 2.46. The standard InChI is InChI=1S/C32H50N2O4/c1-4-7-12-24-19-25(13-8-5-2)31-27(20-24)38-26(23-37-31)14-11-15-28(33-18-6-3)34-29(35)21-32(22-30(34)36)16-9-10-17-32/h19-20,26,28,33H,4-18,21-23H2,1-3H3. The summed E-state index contributed by atoms with van der Waals surface area (Å²) < 4.78 is 12.8. The van der Waals surface area contributed by atoms with Crippen molar-refractivity contribution >= 4 is 11.8 Å². The molecule has 2 atom stereocenters. The fraction of sp³-hybridized carbons (Fsp3) is 0.750. The highest BCUT2D eigenvalue weighted by molar-refractivity contribution is 5.99. The van der Waals surface area contributed by atoms with Crippen molar-refractivity contribution in [1.82, 2.24) is 10.2 Å². The first-order valence-electron chi connectivity index (χ1n) is 15.5. The number of benzene rings is 1. The van der Waals surface area contributed by atoms with Gasteiger partial charge in [-0.15, -0.1) is 0 Å². The Labute approximate surface area is 230 Å². The molecule has 1 N–H and O–H groups in total. The van der Waals surface area contributed by atoms with Crippen LogP contribution in [0.1, 0.15) is 122 Å². The summed E-state index contributed by atoms with van der Waals surface area (Å²) in [6, 6.07) is 4.50. The monoisotopic (exact) mass is 526 g/mol. The molecule has 6 nitrogen and oxygen atoms in total. The van der Waals surface area contributed by atoms with Crippen molar-refractivity contribution in [2.24, 2.45) is 5.41 Å². The van der Waals surface area contributed by atoms with E-state index in [9.17, 15) is 9.59 Å². The molecule has 2 amide bonds. The number of imide groups is 1. The molecule has 212 valence electrons. The third-order valence-corrected chi connectivity index (χ3v) is 8.72. The predicted molar refractivity (Wildman–Crippen MR) is 151 cm³/mol. The SMILES string of the molecule is CCCCc1cc(CCCC)c2c(c1)OC(CCCC(NCCC)N1C(=O)CC3(CCCC3)CC1=O)CO2. The van der Waals surface area contributed by atoms with Gasteiger partial charge in [0, 0.05) is 12.8 Å². The summed E-state index contributed by atoms with van der Waals surface area (Å²) in [5.41, 5.74) is 2.55. The molecule has 0 bridgehead atoms. The fourth-order valence-electron chi connectivity index (χ4n) is 6.60. The average molecular weight is 527 g/mol. The summed E-state index contributed by atoms with van der Waals surface area (Å²) >= 11 is 0. The molecule has 1 aromatic rings. The lowest BCUT2D eigenvalue weighted by atomic mass is 9.76. The van der Waals surface area contributed by atoms with Crippen LogP contribution in [-0.2, 0) is 22.4 Å². The summed E-state index contributed by atoms with van der Waals surface area (Å²) in [6.07, 6.45) is 15.3. The number of aryl methyl sites for hydroxylation is 2. The summed E-state index contributed by atoms with van der Waals surface area (Å²) in [6.45, 7) is 7.92. The molecule has 1 aromatic carbocycles. The van der Waals surface area contributed by atoms with E-state index in [1.54, 1.807) is 4.90 Å². The molecule has 6 heteroatoms. The summed E-state index contributed by atoms with van der Waals surface area (Å²) in [7, 11) is 0. The van der Waals surface area contributed by atoms with Gasteiger partial charge < -0.3 is 9.47 Å². The van der Waals surface area contributed by atoms with Gasteiger partial charge >= 0.3 is 0 Å². The molecule has 2 heterocycles. The zero-order valence-electron chi connectivity index (χ0n) is 24.1. The van der Waals surface area contributed by atoms with Crippen LogP contribution in [0.5, 0.6) is 11.5 Å². The quantitative estimate of drug-likeness (QED) is 0.273. The van der Waals surface area contributed by atoms with Gasteiger partial charge in [0.15, 0.2) is 11.5 Å². The van der Waals surface area contributed by atoms with E-state index >= 15 is 0 Å². The zero-order valence-corrected chi connectivity index (χ0v) is 24.1. The molecule has 1 saturated carbocycles. The number of hydrogen-bond acceptors (Lipinski definition) is 5. The molecule has 0 aromatic heterocycles. The van der Waals surface area contributed by atoms with Crippen LogP contribution < -0.4 is 14.8 Å². The Bertz CT molecular complexity index is 920. The molecule has 1 spiro atoms. The maximum atomic E-state index is 13.2. The van der Waals surface area contributed by atoms with Gasteiger partial charge in [0.2, 0.25) is 11.8 Å². The zero-order chi connectivity index (χ0) is 27.0. The Hall–Kier alpha value is -2.08. The number of unbranched alkanes of at least 4 members (excludes halogenated alkanes) is 2. The fourth-order valence-corrected chi connectivity index (χ4v) is 6.60. The summed E-state index contributed by atoms with van der Waals surface area (Å²) in [5.74, 6) is 1.86. The average Bonchev–Trinajstić information content (AvgIpc) is 3.34. The summed E-state index contributed by atoms with van der Waals surface area (Å²) in [4.78, 5) is 28.0. The van der Waals surface area contributed by atoms with Crippen LogP contribution in [0.3, 0.4) is 0 Å². The van der Waals surface area contributed by atoms with Gasteiger partial charge in [-0.3, -0.25) is 19.8 Å². The van der Waals surface area contributed by atoms with E-state index in [2.05, 4.69) is 38.2 Å². The van der Waals surface area contributed by atoms with Gasteiger partial charge in [-0.25, -0.2) is 0 Å². The number of carbonyl (C=O) groups excluding carboxylic acids is 2. The molecule has 38 heavy (non-hydrogen) atoms. The molecular weight excluding hydrogens is 476 g/mol. The molecular formula is C32H50N2O4. The molecule has 2 unspecified atom stereocenters. The van der Waals surface area contributed by atoms with Gasteiger partial charge in [-0.05, 0) is 93.4 Å². The second-order valence-electron chi connectivity index (χ2n) is 12.0. The van der Waals surface area contributed by atoms with Crippen molar-refractivity contribution < 1.29 is 19.1 Å². The molecule has 2 aliphatic heterocycles. The van der Waals surface area contributed by atoms with E-state index in [1.165, 1.54) is 24.0 Å². The molecule has 1 saturated heterocycles. The van der Waals surface area contributed by atoms with E-state index in [0.717, 1.165) is 95.1 Å². The smallest absolute Gasteiger partial charge is 0.231 e. The molecule has 0 radical (unpaired) electrons. The Morgan fingerprint density at radius 1 is 0.974 bits per heavy atom. The van der Waals surface area contributed by atoms with Crippen molar-refractivity contribution in [2.75, 3.05) is 13.2 Å². The van der Waals surface area contributed by atoms with Crippen molar-refractivity contribution in [3.63, 3.8) is 0 Å². The van der Waals surface area contributed by atoms with Crippen LogP contribution in [-0.4, -0.2) is 42.1 Å². The number of nitrogens with one attached hydrogen (secondary N) is 1. The van der Waals surface area contributed by atoms with Crippen LogP contribution in [0.25, 0.3) is 0 Å². The first-order valence-corrected chi connectivity index (χ1v) is 15.5. The minimum absolute atomic E-state index is 0.00991. The van der Waals surface area contributed by atoms with Gasteiger partial charge in [0.25, 0.3) is 0 Å². The number of amides is 2. The number of carbonyl (C=O) groups is 2. The van der Waals surface area contributed by atoms with E-state index < -0.39 is 0 Å². The number of likely N-dealkylation sites (tertiary alicyclic amines) is 1. The second kappa shape index (κ2) is 13.8. The third-order valence-electron chi connectivity index (χ3n) is 8.72. The number of fused-ring (bicyclic) bond motifs is 1. The normalized spacial score (nSPS) is 21.3. The number of rotatable bonds is 14. The predicted octanol–water partition coefficient (Wildman–Crippen LogP) is 6.72. The summed E-state index contributed by atoms with van der Waals surface area (Å²) in [5, 5.41) is 3.50. The second-order valence-corrected chi connectivity index (χ2v) is 12.0. The van der Waals surface area contributed by atoms with Crippen molar-refractivity contribution in [3.8, 4) is 11.5 Å². The minimum atomic E-state index is -0.230. The van der Waals surface area contributed by atoms with Gasteiger partial charge in [0.05, 0.1) is 6.17 Å². The van der Waals surface area contributed by atoms with Crippen LogP contribution in [0.2, 0.25) is 0 Å². The minimum Gasteiger partial charge on any atom is -0.486 e. The highest BCUT2D eigenvalue weighted by Crippen LogP contribution is 2.47. The number of ether oxygens (including phenoxy) is 2. The van der Waals surface area contributed by atoms with Gasteiger partial charge in [-0.1, -0.05) is 52.5 Å². The maximum Gasteiger partial charge on any atom is 0.231 e. The first-order chi connectivity index (χ1) is 18.5. The van der Waals surface area contributed by atoms with Crippen LogP contribution >= 0.6 is 0 Å². The lowest BCUT2D eigenvalue weighted by Gasteiger charge is -2.41. The first kappa shape index (κ1) is 28.9.